The predicted molar refractivity (Wildman–Crippen MR) is 184 cm³/mol. The van der Waals surface area contributed by atoms with Crippen LogP contribution >= 0.6 is 34.8 Å². The highest BCUT2D eigenvalue weighted by molar-refractivity contribution is 6.36. The Kier molecular flexibility index (Phi) is 9.38. The van der Waals surface area contributed by atoms with Gasteiger partial charge in [0.25, 0.3) is 0 Å². The molecule has 47 heavy (non-hydrogen) atoms. The Hall–Kier alpha value is -3.85. The number of anilines is 3. The molecule has 0 amide bonds. The zero-order chi connectivity index (χ0) is 33.5. The van der Waals surface area contributed by atoms with E-state index in [1.807, 2.05) is 30.3 Å². The van der Waals surface area contributed by atoms with Crippen molar-refractivity contribution in [2.24, 2.45) is 0 Å². The summed E-state index contributed by atoms with van der Waals surface area (Å²) in [6.07, 6.45) is 5.39. The normalized spacial score (nSPS) is 16.5. The third kappa shape index (κ3) is 6.91. The van der Waals surface area contributed by atoms with Crippen molar-refractivity contribution < 1.29 is 8.78 Å². The molecule has 3 aromatic carbocycles. The lowest BCUT2D eigenvalue weighted by molar-refractivity contribution is 0.0570. The van der Waals surface area contributed by atoms with Gasteiger partial charge >= 0.3 is 0 Å². The van der Waals surface area contributed by atoms with Gasteiger partial charge in [0.2, 0.25) is 0 Å². The van der Waals surface area contributed by atoms with E-state index in [2.05, 4.69) is 63.5 Å². The second-order valence-electron chi connectivity index (χ2n) is 12.6. The van der Waals surface area contributed by atoms with Crippen molar-refractivity contribution in [3.63, 3.8) is 0 Å². The Balaban J connectivity index is 1.36. The molecule has 6 rings (SSSR count). The van der Waals surface area contributed by atoms with Crippen LogP contribution in [0.5, 0.6) is 0 Å². The first-order valence-electron chi connectivity index (χ1n) is 15.1. The number of hydrogen-bond donors (Lipinski definition) is 4. The summed E-state index contributed by atoms with van der Waals surface area (Å²) >= 11 is 18.9. The van der Waals surface area contributed by atoms with Crippen LogP contribution in [0.2, 0.25) is 15.1 Å². The molecule has 2 aliphatic heterocycles. The molecule has 0 unspecified atom stereocenters. The van der Waals surface area contributed by atoms with Gasteiger partial charge in [-0.1, -0.05) is 46.9 Å². The van der Waals surface area contributed by atoms with Crippen LogP contribution in [0.1, 0.15) is 50.8 Å². The maximum Gasteiger partial charge on any atom is 0.168 e. The number of piperidine rings is 1. The maximum atomic E-state index is 14.9. The van der Waals surface area contributed by atoms with E-state index in [9.17, 15) is 14.0 Å². The van der Waals surface area contributed by atoms with Gasteiger partial charge in [0, 0.05) is 53.2 Å². The Bertz CT molecular complexity index is 1880. The number of nitriles is 1. The van der Waals surface area contributed by atoms with Crippen LogP contribution in [0, 0.1) is 23.0 Å². The number of pyridine rings is 1. The summed E-state index contributed by atoms with van der Waals surface area (Å²) in [6.45, 7) is 8.73. The minimum absolute atomic E-state index is 0.0660. The molecule has 4 N–H and O–H groups in total. The summed E-state index contributed by atoms with van der Waals surface area (Å²) in [7, 11) is 0. The molecule has 0 saturated carbocycles. The van der Waals surface area contributed by atoms with Crippen molar-refractivity contribution in [2.45, 2.75) is 51.2 Å². The molecule has 1 aromatic heterocycles. The lowest BCUT2D eigenvalue weighted by Crippen LogP contribution is -2.52. The number of rotatable bonds is 7. The molecular weight excluding hydrogens is 665 g/mol. The molecule has 3 heterocycles. The Morgan fingerprint density at radius 3 is 2.40 bits per heavy atom. The second kappa shape index (κ2) is 13.3. The van der Waals surface area contributed by atoms with Crippen molar-refractivity contribution in [1.29, 1.82) is 5.26 Å². The molecule has 0 aliphatic carbocycles. The fourth-order valence-corrected chi connectivity index (χ4v) is 6.54. The molecule has 8 nitrogen and oxygen atoms in total. The van der Waals surface area contributed by atoms with Gasteiger partial charge in [-0.2, -0.15) is 5.26 Å². The molecule has 0 bridgehead atoms. The van der Waals surface area contributed by atoms with Crippen LogP contribution in [0.25, 0.3) is 10.9 Å². The fourth-order valence-electron chi connectivity index (χ4n) is 5.99. The lowest BCUT2D eigenvalue weighted by Gasteiger charge is -2.42. The number of halogens is 5. The first-order valence-corrected chi connectivity index (χ1v) is 16.3. The van der Waals surface area contributed by atoms with Crippen LogP contribution < -0.4 is 21.6 Å². The van der Waals surface area contributed by atoms with Crippen LogP contribution in [0.3, 0.4) is 0 Å². The monoisotopic (exact) mass is 696 g/mol. The first kappa shape index (κ1) is 33.1. The van der Waals surface area contributed by atoms with Crippen molar-refractivity contribution in [2.75, 3.05) is 23.7 Å². The molecule has 1 saturated heterocycles. The van der Waals surface area contributed by atoms with Gasteiger partial charge in [0.05, 0.1) is 38.6 Å². The van der Waals surface area contributed by atoms with Gasteiger partial charge in [-0.3, -0.25) is 14.9 Å². The van der Waals surface area contributed by atoms with E-state index >= 15 is 0 Å². The molecule has 13 heteroatoms. The molecule has 1 fully saturated rings. The first-order chi connectivity index (χ1) is 22.4. The molecule has 2 aliphatic rings. The average molecular weight is 698 g/mol. The van der Waals surface area contributed by atoms with Gasteiger partial charge in [0.15, 0.2) is 5.82 Å². The number of fused-ring (bicyclic) bond motifs is 1. The summed E-state index contributed by atoms with van der Waals surface area (Å²) in [4.78, 5) is 6.87. The molecule has 0 spiro atoms. The molecule has 244 valence electrons. The van der Waals surface area contributed by atoms with Crippen LogP contribution in [-0.4, -0.2) is 39.6 Å². The van der Waals surface area contributed by atoms with E-state index in [4.69, 9.17) is 34.8 Å². The number of aromatic nitrogens is 1. The standard InChI is InChI=1S/C34H33Cl3F2N8/c1-34(2,3)46-12-10-23(11-13-46)47-18-28(44-45-47)31(19-4-6-21(35)7-5-19)42-22-14-24-30(20(16-40)17-41-32(24)26(37)15-22)43-33-27(38)9-8-25(36)29(33)39/h4-9,14-15,17-18,23,31,42,44-45H,10-13H2,1-3H3,(H,41,43)/t31-/m0/s1. The van der Waals surface area contributed by atoms with Gasteiger partial charge in [0.1, 0.15) is 17.6 Å². The zero-order valence-electron chi connectivity index (χ0n) is 25.9. The predicted octanol–water partition coefficient (Wildman–Crippen LogP) is 8.67. The number of nitrogens with one attached hydrogen (secondary N) is 4. The number of nitrogens with zero attached hydrogens (tertiary/aromatic N) is 4. The van der Waals surface area contributed by atoms with Crippen molar-refractivity contribution in [1.82, 2.24) is 25.9 Å². The lowest BCUT2D eigenvalue weighted by atomic mass is 9.98. The van der Waals surface area contributed by atoms with Crippen LogP contribution in [0.15, 0.2) is 66.6 Å². The second-order valence-corrected chi connectivity index (χ2v) is 13.9. The van der Waals surface area contributed by atoms with Gasteiger partial charge in [-0.25, -0.2) is 8.78 Å². The summed E-state index contributed by atoms with van der Waals surface area (Å²) in [5.74, 6) is -1.85. The van der Waals surface area contributed by atoms with Crippen LogP contribution in [-0.2, 0) is 0 Å². The minimum atomic E-state index is -0.982. The molecular formula is C34H33Cl3F2N8. The summed E-state index contributed by atoms with van der Waals surface area (Å²) in [6, 6.07) is 15.1. The topological polar surface area (TPSA) is 91.3 Å². The van der Waals surface area contributed by atoms with E-state index in [0.29, 0.717) is 27.7 Å². The third-order valence-corrected chi connectivity index (χ3v) is 9.41. The quantitative estimate of drug-likeness (QED) is 0.143. The fraction of sp³-hybridized carbons (Fsp3) is 0.294. The minimum Gasteiger partial charge on any atom is -0.373 e. The molecule has 4 aromatic rings. The summed E-state index contributed by atoms with van der Waals surface area (Å²) < 4.78 is 29.7. The largest absolute Gasteiger partial charge is 0.373 e. The number of hydrazine groups is 2. The zero-order valence-corrected chi connectivity index (χ0v) is 28.2. The van der Waals surface area contributed by atoms with Crippen molar-refractivity contribution >= 4 is 62.8 Å². The van der Waals surface area contributed by atoms with Crippen molar-refractivity contribution in [3.05, 3.63) is 104 Å². The highest BCUT2D eigenvalue weighted by atomic mass is 35.5. The Labute approximate surface area is 287 Å². The Morgan fingerprint density at radius 1 is 1.00 bits per heavy atom. The maximum absolute atomic E-state index is 14.9. The third-order valence-electron chi connectivity index (χ3n) is 8.58. The van der Waals surface area contributed by atoms with E-state index < -0.39 is 17.3 Å². The van der Waals surface area contributed by atoms with E-state index in [1.165, 1.54) is 6.20 Å². The highest BCUT2D eigenvalue weighted by Crippen LogP contribution is 2.39. The SMILES string of the molecule is CC(C)(C)N1CCC(N2C=C([C@@H](Nc3cc(Cl)c4ncc(C#N)c(Nc5c(F)ccc(Cl)c5F)c4c3)c3ccc(Cl)cc3)NN2)CC1. The smallest absolute Gasteiger partial charge is 0.168 e. The Morgan fingerprint density at radius 2 is 1.72 bits per heavy atom. The van der Waals surface area contributed by atoms with E-state index in [0.717, 1.165) is 49.3 Å². The number of benzene rings is 3. The number of likely N-dealkylation sites (tertiary alicyclic amines) is 1. The van der Waals surface area contributed by atoms with Gasteiger partial charge in [-0.05, 0) is 75.6 Å². The highest BCUT2D eigenvalue weighted by Gasteiger charge is 2.32. The van der Waals surface area contributed by atoms with Crippen molar-refractivity contribution in [3.8, 4) is 6.07 Å². The van der Waals surface area contributed by atoms with Crippen LogP contribution in [0.4, 0.5) is 25.8 Å². The van der Waals surface area contributed by atoms with E-state index in [1.54, 1.807) is 12.1 Å². The van der Waals surface area contributed by atoms with Gasteiger partial charge in [-0.15, -0.1) is 5.53 Å². The summed E-state index contributed by atoms with van der Waals surface area (Å²) in [5, 5.41) is 19.3. The molecule has 1 atom stereocenters. The van der Waals surface area contributed by atoms with Gasteiger partial charge < -0.3 is 16.1 Å². The average Bonchev–Trinajstić information content (AvgIpc) is 3.54. The number of hydrogen-bond acceptors (Lipinski definition) is 8. The van der Waals surface area contributed by atoms with E-state index in [-0.39, 0.29) is 32.9 Å². The summed E-state index contributed by atoms with van der Waals surface area (Å²) in [5.41, 5.74) is 9.20. The molecule has 0 radical (unpaired) electrons.